The maximum Gasteiger partial charge on any atom is 0.292 e. The van der Waals surface area contributed by atoms with Crippen LogP contribution in [0.5, 0.6) is 0 Å². The van der Waals surface area contributed by atoms with Crippen LogP contribution in [0.3, 0.4) is 0 Å². The molecule has 0 bridgehead atoms. The second kappa shape index (κ2) is 30.7. The minimum absolute atomic E-state index is 0.254. The molecule has 1 aliphatic heterocycles. The summed E-state index contributed by atoms with van der Waals surface area (Å²) >= 11 is 0. The maximum absolute atomic E-state index is 8.11. The quantitative estimate of drug-likeness (QED) is 0.150. The first kappa shape index (κ1) is 74.2. The molecule has 1 atom stereocenters. The fraction of sp³-hybridized carbons (Fsp3) is 0.139. The van der Waals surface area contributed by atoms with E-state index in [2.05, 4.69) is 243 Å². The smallest absolute Gasteiger partial charge is 0.292 e. The second-order valence-electron chi connectivity index (χ2n) is 33.1. The molecule has 25 rings (SSSR count). The van der Waals surface area contributed by atoms with E-state index in [1.807, 2.05) is 176 Å². The highest BCUT2D eigenvalue weighted by Gasteiger charge is 2.30. The van der Waals surface area contributed by atoms with E-state index in [1.54, 1.807) is 6.07 Å². The van der Waals surface area contributed by atoms with Crippen molar-refractivity contribution in [3.05, 3.63) is 331 Å². The summed E-state index contributed by atoms with van der Waals surface area (Å²) in [6, 6.07) is 82.3. The van der Waals surface area contributed by atoms with Gasteiger partial charge in [0.05, 0.1) is 64.7 Å². The highest BCUT2D eigenvalue weighted by atomic mass is 16.4. The summed E-state index contributed by atoms with van der Waals surface area (Å²) in [6.07, 6.45) is 16.7. The fourth-order valence-corrected chi connectivity index (χ4v) is 18.1. The SMILES string of the molecule is Cc1cc[n+](C)c(-c2c(C)ccc3c2oc2nc4ccccc4cc23)c1.Cc1ccc2c(oc3nc4ccccc4cc32)c1-c1n(C)cc[n+]1C.Cc1ccc2c(oc3nc4ccccc4cc32)c1-n1ccc[n+]1C.Cc1ccc2c(oc3nc4ccccc4cc32)c1N1C=CN(C)[C@@H]1C.[2H]C([2H])([2H])c1cc(C)c(-c2cccc[n+]2C)c2oc3nc4ccccc4cc3c12. The molecule has 0 radical (unpaired) electrons. The van der Waals surface area contributed by atoms with Crippen LogP contribution >= 0.6 is 0 Å². The topological polar surface area (TPSA) is 162 Å². The van der Waals surface area contributed by atoms with E-state index < -0.39 is 6.85 Å². The van der Waals surface area contributed by atoms with Crippen LogP contribution in [0.2, 0.25) is 0 Å². The van der Waals surface area contributed by atoms with Crippen molar-refractivity contribution >= 4 is 171 Å². The Hall–Kier alpha value is -15.7. The van der Waals surface area contributed by atoms with Crippen molar-refractivity contribution in [2.24, 2.45) is 35.2 Å². The molecule has 0 aliphatic carbocycles. The third kappa shape index (κ3) is 13.2. The van der Waals surface area contributed by atoms with E-state index in [0.29, 0.717) is 45.1 Å². The van der Waals surface area contributed by atoms with Crippen LogP contribution in [0.4, 0.5) is 5.69 Å². The standard InChI is InChI=1S/2C23H19N2O.C21H18N3O.C21H19N3O.C20H16N3O/c1-14-12-15(2)21(19-10-6-7-11-25(19)3)22-20(14)17-13-16-8-4-5-9-18(16)24-23(17)26-22;1-14-10-11-25(3)20(12-14)21-15(2)8-9-17-18-13-16-6-4-5-7-19(16)24-23(18)26-22(17)21;1-13-8-9-15-16-12-14-6-4-5-7-17(14)22-20(16)25-19(15)18(13)21-23(2)10-11-24(21)3;1-13-8-9-16-17-12-15-6-4-5-7-18(15)22-21(17)25-20(16)19(13)24-11-10-23(3)14(24)2;1-13-8-9-15-16-12-14-6-3-4-7-17(14)21-20(16)24-19(15)18(13)23-11-5-10-22(23)2/h2*4-13H,1-3H3;4-12H,1-3H3;4-12,14H,1-3H3;3-12H,1-2H3/q3*+1;;+1/t;;;14-;/m...0./s1/i1D3;;;;. The Morgan fingerprint density at radius 1 is 0.333 bits per heavy atom. The summed E-state index contributed by atoms with van der Waals surface area (Å²) in [7, 11) is 12.3. The Kier molecular flexibility index (Phi) is 18.1. The van der Waals surface area contributed by atoms with Crippen molar-refractivity contribution in [3.63, 3.8) is 0 Å². The first-order valence-corrected chi connectivity index (χ1v) is 42.2. The first-order valence-electron chi connectivity index (χ1n) is 43.7. The molecule has 18 heteroatoms. The molecule has 24 aromatic rings. The molecule has 126 heavy (non-hydrogen) atoms. The molecule has 1 aliphatic rings. The molecule has 0 unspecified atom stereocenters. The van der Waals surface area contributed by atoms with Gasteiger partial charge in [0.25, 0.3) is 5.82 Å². The number of hydrogen-bond donors (Lipinski definition) is 0. The molecule has 0 spiro atoms. The van der Waals surface area contributed by atoms with E-state index in [4.69, 9.17) is 46.1 Å². The van der Waals surface area contributed by atoms with E-state index in [1.165, 1.54) is 22.3 Å². The minimum atomic E-state index is -2.26. The number of anilines is 1. The number of aryl methyl sites for hydroxylation is 12. The van der Waals surface area contributed by atoms with Crippen LogP contribution in [-0.4, -0.2) is 52.3 Å². The highest BCUT2D eigenvalue weighted by molar-refractivity contribution is 6.16. The van der Waals surface area contributed by atoms with E-state index in [0.717, 1.165) is 182 Å². The molecule has 15 heterocycles. The molecule has 0 saturated carbocycles. The second-order valence-corrected chi connectivity index (χ2v) is 33.1. The van der Waals surface area contributed by atoms with Crippen molar-refractivity contribution in [2.75, 3.05) is 11.9 Å². The Labute approximate surface area is 729 Å². The van der Waals surface area contributed by atoms with Crippen LogP contribution in [-0.2, 0) is 35.2 Å². The van der Waals surface area contributed by atoms with Crippen molar-refractivity contribution in [1.29, 1.82) is 0 Å². The number of rotatable bonds is 5. The highest BCUT2D eigenvalue weighted by Crippen LogP contribution is 2.45. The number of aromatic nitrogens is 11. The normalized spacial score (nSPS) is 13.3. The summed E-state index contributed by atoms with van der Waals surface area (Å²) in [5, 5.41) is 15.5. The Bertz CT molecular complexity index is 8730. The molecular weight excluding hydrogens is 1560 g/mol. The third-order valence-corrected chi connectivity index (χ3v) is 24.8. The number of pyridine rings is 7. The van der Waals surface area contributed by atoms with Gasteiger partial charge in [-0.1, -0.05) is 140 Å². The Balaban J connectivity index is 0.0000000979. The lowest BCUT2D eigenvalue weighted by Gasteiger charge is -2.28. The fourth-order valence-electron chi connectivity index (χ4n) is 18.1. The summed E-state index contributed by atoms with van der Waals surface area (Å²) in [6.45, 7) is 12.5. The lowest BCUT2D eigenvalue weighted by Crippen LogP contribution is -2.37. The largest absolute Gasteiger partial charge is 0.437 e. The van der Waals surface area contributed by atoms with Crippen LogP contribution in [0, 0.1) is 48.4 Å². The molecule has 0 amide bonds. The van der Waals surface area contributed by atoms with Gasteiger partial charge in [-0.2, -0.15) is 0 Å². The summed E-state index contributed by atoms with van der Waals surface area (Å²) in [5.41, 5.74) is 26.6. The van der Waals surface area contributed by atoms with Gasteiger partial charge in [0.15, 0.2) is 59.2 Å². The lowest BCUT2D eigenvalue weighted by atomic mass is 9.97. The maximum atomic E-state index is 8.11. The van der Waals surface area contributed by atoms with Gasteiger partial charge in [0.1, 0.15) is 38.2 Å². The monoisotopic (exact) mass is 1650 g/mol. The zero-order chi connectivity index (χ0) is 88.7. The summed E-state index contributed by atoms with van der Waals surface area (Å²) in [5.74, 6) is 1.12. The van der Waals surface area contributed by atoms with Gasteiger partial charge in [-0.3, -0.25) is 0 Å². The molecule has 0 N–H and O–H groups in total. The van der Waals surface area contributed by atoms with Crippen molar-refractivity contribution in [1.82, 2.24) is 39.1 Å². The zero-order valence-electron chi connectivity index (χ0n) is 75.1. The summed E-state index contributed by atoms with van der Waals surface area (Å²) in [4.78, 5) is 28.0. The average Bonchev–Trinajstić information content (AvgIpc) is 1.67. The predicted molar refractivity (Wildman–Crippen MR) is 506 cm³/mol. The molecule has 14 aromatic heterocycles. The van der Waals surface area contributed by atoms with Gasteiger partial charge in [0, 0.05) is 135 Å². The Morgan fingerprint density at radius 3 is 1.22 bits per heavy atom. The number of imidazole rings is 1. The third-order valence-electron chi connectivity index (χ3n) is 24.8. The summed E-state index contributed by atoms with van der Waals surface area (Å²) < 4.78 is 68.2. The number of fused-ring (bicyclic) bond motifs is 20. The van der Waals surface area contributed by atoms with Gasteiger partial charge in [-0.15, -0.1) is 9.36 Å². The first-order chi connectivity index (χ1) is 62.4. The van der Waals surface area contributed by atoms with Crippen LogP contribution < -0.4 is 23.3 Å². The lowest BCUT2D eigenvalue weighted by molar-refractivity contribution is -0.744. The molecule has 0 fully saturated rings. The van der Waals surface area contributed by atoms with Gasteiger partial charge in [-0.05, 0) is 167 Å². The average molecular weight is 1650 g/mol. The van der Waals surface area contributed by atoms with Crippen LogP contribution in [0.15, 0.2) is 314 Å². The van der Waals surface area contributed by atoms with Crippen LogP contribution in [0.25, 0.3) is 204 Å². The Morgan fingerprint density at radius 2 is 0.754 bits per heavy atom. The molecular formula is C108H91N13O5+4. The van der Waals surface area contributed by atoms with Gasteiger partial charge in [-0.25, -0.2) is 43.2 Å². The van der Waals surface area contributed by atoms with Crippen molar-refractivity contribution in [3.8, 4) is 39.6 Å². The molecule has 614 valence electrons. The molecule has 10 aromatic carbocycles. The number of nitrogens with zero attached hydrogens (tertiary/aromatic N) is 13. The molecule has 0 saturated heterocycles. The zero-order valence-corrected chi connectivity index (χ0v) is 72.1. The minimum Gasteiger partial charge on any atom is -0.437 e. The van der Waals surface area contributed by atoms with Gasteiger partial charge < -0.3 is 31.9 Å². The van der Waals surface area contributed by atoms with Gasteiger partial charge in [0.2, 0.25) is 40.0 Å². The van der Waals surface area contributed by atoms with E-state index in [9.17, 15) is 0 Å². The van der Waals surface area contributed by atoms with Crippen LogP contribution in [0.1, 0.15) is 50.0 Å². The number of furan rings is 5. The number of para-hydroxylation sites is 5. The van der Waals surface area contributed by atoms with E-state index >= 15 is 0 Å². The predicted octanol–water partition coefficient (Wildman–Crippen LogP) is 23.8. The number of benzene rings is 10. The van der Waals surface area contributed by atoms with Gasteiger partial charge >= 0.3 is 0 Å². The van der Waals surface area contributed by atoms with E-state index in [-0.39, 0.29) is 6.17 Å². The van der Waals surface area contributed by atoms with Crippen molar-refractivity contribution < 1.29 is 44.6 Å². The number of hydrogen-bond acceptors (Lipinski definition) is 12. The van der Waals surface area contributed by atoms with Crippen molar-refractivity contribution in [2.45, 2.75) is 61.5 Å². The molecule has 18 nitrogen and oxygen atoms in total.